The Balaban J connectivity index is 1.50. The zero-order valence-corrected chi connectivity index (χ0v) is 18.0. The largest absolute Gasteiger partial charge is 0.464 e. The summed E-state index contributed by atoms with van der Waals surface area (Å²) in [6.45, 7) is 0. The first kappa shape index (κ1) is 18.3. The normalized spacial score (nSPS) is 18.2. The number of hydrazone groups is 1. The van der Waals surface area contributed by atoms with Gasteiger partial charge in [-0.2, -0.15) is 0 Å². The molecule has 5 nitrogen and oxygen atoms in total. The first-order chi connectivity index (χ1) is 16.4. The second kappa shape index (κ2) is 7.14. The van der Waals surface area contributed by atoms with Crippen LogP contribution in [0.4, 0.5) is 0 Å². The maximum atomic E-state index is 5.72. The van der Waals surface area contributed by atoms with Crippen molar-refractivity contribution in [3.8, 4) is 0 Å². The zero-order chi connectivity index (χ0) is 21.8. The molecule has 1 unspecified atom stereocenters. The quantitative estimate of drug-likeness (QED) is 0.348. The van der Waals surface area contributed by atoms with Crippen LogP contribution in [0.25, 0.3) is 32.8 Å². The molecule has 33 heavy (non-hydrogen) atoms. The fourth-order valence-electron chi connectivity index (χ4n) is 5.13. The number of nitrogens with zero attached hydrogens (tertiary/aromatic N) is 3. The average molecular weight is 431 g/mol. The molecule has 160 valence electrons. The molecule has 0 bridgehead atoms. The molecule has 0 saturated heterocycles. The summed E-state index contributed by atoms with van der Waals surface area (Å²) in [5, 5.41) is 8.42. The first-order valence-electron chi connectivity index (χ1n) is 11.3. The lowest BCUT2D eigenvalue weighted by Crippen LogP contribution is -2.36. The Morgan fingerprint density at radius 1 is 0.848 bits per heavy atom. The fraction of sp³-hybridized carbons (Fsp3) is 0.107. The van der Waals surface area contributed by atoms with E-state index in [-0.39, 0.29) is 6.17 Å². The maximum absolute atomic E-state index is 5.72. The molecule has 0 amide bonds. The van der Waals surface area contributed by atoms with Gasteiger partial charge in [-0.25, -0.2) is 0 Å². The van der Waals surface area contributed by atoms with E-state index >= 15 is 0 Å². The number of allylic oxidation sites excluding steroid dienone is 3. The highest BCUT2D eigenvalue weighted by Crippen LogP contribution is 2.38. The summed E-state index contributed by atoms with van der Waals surface area (Å²) in [6.07, 6.45) is 10.5. The zero-order valence-electron chi connectivity index (χ0n) is 18.0. The molecule has 7 rings (SSSR count). The van der Waals surface area contributed by atoms with Gasteiger partial charge in [0.15, 0.2) is 0 Å². The Morgan fingerprint density at radius 3 is 2.61 bits per heavy atom. The van der Waals surface area contributed by atoms with Crippen LogP contribution in [-0.2, 0) is 0 Å². The molecule has 1 aliphatic carbocycles. The minimum absolute atomic E-state index is 0.0796. The molecular formula is C28H22N4O. The van der Waals surface area contributed by atoms with Crippen molar-refractivity contribution < 1.29 is 4.42 Å². The van der Waals surface area contributed by atoms with E-state index in [0.717, 1.165) is 46.5 Å². The summed E-state index contributed by atoms with van der Waals surface area (Å²) in [5.74, 6) is 0.871. The number of hydrogen-bond donors (Lipinski definition) is 1. The lowest BCUT2D eigenvalue weighted by atomic mass is 10.1. The van der Waals surface area contributed by atoms with E-state index in [0.29, 0.717) is 0 Å². The van der Waals surface area contributed by atoms with E-state index in [1.54, 1.807) is 6.26 Å². The predicted octanol–water partition coefficient (Wildman–Crippen LogP) is 6.50. The number of nitrogens with one attached hydrogen (secondary N) is 1. The lowest BCUT2D eigenvalue weighted by molar-refractivity contribution is 0.368. The number of hydrogen-bond acceptors (Lipinski definition) is 4. The summed E-state index contributed by atoms with van der Waals surface area (Å²) >= 11 is 0. The molecule has 2 aliphatic rings. The van der Waals surface area contributed by atoms with Gasteiger partial charge in [-0.3, -0.25) is 14.9 Å². The van der Waals surface area contributed by atoms with Gasteiger partial charge < -0.3 is 4.42 Å². The van der Waals surface area contributed by atoms with Crippen molar-refractivity contribution in [2.24, 2.45) is 5.10 Å². The minimum Gasteiger partial charge on any atom is -0.464 e. The minimum atomic E-state index is -0.0796. The van der Waals surface area contributed by atoms with E-state index in [2.05, 4.69) is 99.9 Å². The van der Waals surface area contributed by atoms with Crippen LogP contribution in [0.1, 0.15) is 24.6 Å². The van der Waals surface area contributed by atoms with Gasteiger partial charge in [0.2, 0.25) is 5.96 Å². The van der Waals surface area contributed by atoms with Crippen LogP contribution in [0, 0.1) is 0 Å². The van der Waals surface area contributed by atoms with E-state index in [1.165, 1.54) is 16.3 Å². The molecule has 1 N–H and O–H groups in total. The highest BCUT2D eigenvalue weighted by Gasteiger charge is 2.34. The molecule has 0 saturated carbocycles. The highest BCUT2D eigenvalue weighted by molar-refractivity contribution is 6.23. The third-order valence-corrected chi connectivity index (χ3v) is 6.60. The van der Waals surface area contributed by atoms with Crippen molar-refractivity contribution in [3.63, 3.8) is 0 Å². The molecule has 3 aromatic carbocycles. The highest BCUT2D eigenvalue weighted by atomic mass is 16.3. The number of fused-ring (bicyclic) bond motifs is 5. The van der Waals surface area contributed by atoms with Crippen LogP contribution in [-0.4, -0.2) is 15.4 Å². The summed E-state index contributed by atoms with van der Waals surface area (Å²) in [5.41, 5.74) is 8.89. The summed E-state index contributed by atoms with van der Waals surface area (Å²) in [6, 6.07) is 25.3. The van der Waals surface area contributed by atoms with E-state index in [1.807, 2.05) is 6.07 Å². The van der Waals surface area contributed by atoms with E-state index in [4.69, 9.17) is 9.52 Å². The van der Waals surface area contributed by atoms with Crippen molar-refractivity contribution in [2.75, 3.05) is 0 Å². The topological polar surface area (TPSA) is 45.7 Å². The number of furan rings is 1. The van der Waals surface area contributed by atoms with Crippen LogP contribution in [0.15, 0.2) is 113 Å². The summed E-state index contributed by atoms with van der Waals surface area (Å²) in [4.78, 5) is 2.32. The Morgan fingerprint density at radius 2 is 1.73 bits per heavy atom. The van der Waals surface area contributed by atoms with Gasteiger partial charge >= 0.3 is 0 Å². The number of rotatable bonds is 2. The second-order valence-electron chi connectivity index (χ2n) is 8.48. The Hall–Kier alpha value is -4.25. The van der Waals surface area contributed by atoms with Gasteiger partial charge in [0.05, 0.1) is 17.3 Å². The number of benzene rings is 3. The Bertz CT molecular complexity index is 1600. The fourth-order valence-corrected chi connectivity index (χ4v) is 5.13. The molecule has 5 heteroatoms. The van der Waals surface area contributed by atoms with Crippen molar-refractivity contribution in [3.05, 3.63) is 109 Å². The third kappa shape index (κ3) is 2.69. The molecule has 0 spiro atoms. The molecule has 1 aliphatic heterocycles. The van der Waals surface area contributed by atoms with Crippen LogP contribution < -0.4 is 5.43 Å². The van der Waals surface area contributed by atoms with Gasteiger partial charge in [-0.05, 0) is 48.7 Å². The molecule has 2 aromatic heterocycles. The van der Waals surface area contributed by atoms with Crippen molar-refractivity contribution in [1.82, 2.24) is 14.9 Å². The third-order valence-electron chi connectivity index (χ3n) is 6.60. The van der Waals surface area contributed by atoms with Gasteiger partial charge in [-0.15, -0.1) is 5.10 Å². The average Bonchev–Trinajstić information content (AvgIpc) is 3.60. The van der Waals surface area contributed by atoms with E-state index < -0.39 is 0 Å². The monoisotopic (exact) mass is 430 g/mol. The number of aromatic nitrogens is 1. The predicted molar refractivity (Wildman–Crippen MR) is 133 cm³/mol. The van der Waals surface area contributed by atoms with Crippen molar-refractivity contribution >= 4 is 38.7 Å². The summed E-state index contributed by atoms with van der Waals surface area (Å²) < 4.78 is 7.99. The molecule has 0 fully saturated rings. The first-order valence-corrected chi connectivity index (χ1v) is 11.3. The lowest BCUT2D eigenvalue weighted by Gasteiger charge is -2.30. The maximum Gasteiger partial charge on any atom is 0.234 e. The van der Waals surface area contributed by atoms with Crippen LogP contribution in [0.2, 0.25) is 0 Å². The van der Waals surface area contributed by atoms with Crippen LogP contribution >= 0.6 is 0 Å². The number of para-hydroxylation sites is 1. The van der Waals surface area contributed by atoms with Crippen LogP contribution in [0.5, 0.6) is 0 Å². The van der Waals surface area contributed by atoms with Gasteiger partial charge in [0, 0.05) is 21.9 Å². The van der Waals surface area contributed by atoms with Gasteiger partial charge in [0.25, 0.3) is 0 Å². The molecule has 0 radical (unpaired) electrons. The second-order valence-corrected chi connectivity index (χ2v) is 8.48. The summed E-state index contributed by atoms with van der Waals surface area (Å²) in [7, 11) is 0. The van der Waals surface area contributed by atoms with Crippen molar-refractivity contribution in [2.45, 2.75) is 19.0 Å². The van der Waals surface area contributed by atoms with Gasteiger partial charge in [-0.1, -0.05) is 60.7 Å². The van der Waals surface area contributed by atoms with Crippen LogP contribution in [0.3, 0.4) is 0 Å². The molecule has 5 aromatic rings. The Kier molecular flexibility index (Phi) is 3.96. The van der Waals surface area contributed by atoms with Gasteiger partial charge in [0.1, 0.15) is 11.7 Å². The molecule has 3 heterocycles. The van der Waals surface area contributed by atoms with Crippen molar-refractivity contribution in [1.29, 1.82) is 0 Å². The van der Waals surface area contributed by atoms with E-state index in [9.17, 15) is 0 Å². The smallest absolute Gasteiger partial charge is 0.234 e. The standard InChI is InChI=1S/C28H22N4O/c1-3-9-19(10-4-1)27-29-30-28(31(27)20-11-5-2-6-12-20)32-23-14-8-7-13-21(23)26-22-17-18-33-25(22)16-15-24(26)32/h1,3-5,7-18,27,29H,2,6H2. The Labute approximate surface area is 190 Å². The molecular weight excluding hydrogens is 408 g/mol. The SMILES string of the molecule is C1=CC(N2C(n3c4ccccc4c4c5ccoc5ccc43)=NNC2c2ccccc2)=CCC1. The molecule has 1 atom stereocenters.